The molecular weight excluding hydrogens is 382 g/mol. The van der Waals surface area contributed by atoms with Crippen LogP contribution in [-0.4, -0.2) is 29.7 Å². The Morgan fingerprint density at radius 3 is 2.52 bits per heavy atom. The van der Waals surface area contributed by atoms with E-state index in [2.05, 4.69) is 24.1 Å². The van der Waals surface area contributed by atoms with Gasteiger partial charge >= 0.3 is 0 Å². The number of thioether (sulfide) groups is 1. The number of aromatic nitrogens is 1. The molecule has 0 aliphatic rings. The second kappa shape index (κ2) is 9.75. The molecule has 0 aliphatic heterocycles. The van der Waals surface area contributed by atoms with Gasteiger partial charge in [-0.1, -0.05) is 37.7 Å². The Morgan fingerprint density at radius 1 is 1.30 bits per heavy atom. The fourth-order valence-corrected chi connectivity index (χ4v) is 4.63. The summed E-state index contributed by atoms with van der Waals surface area (Å²) in [7, 11) is 1.63. The second-order valence-corrected chi connectivity index (χ2v) is 8.79. The molecule has 0 spiro atoms. The molecule has 27 heavy (non-hydrogen) atoms. The van der Waals surface area contributed by atoms with Crippen molar-refractivity contribution in [3.05, 3.63) is 40.4 Å². The average Bonchev–Trinajstić information content (AvgIpc) is 2.96. The first-order valence-corrected chi connectivity index (χ1v) is 10.4. The van der Waals surface area contributed by atoms with E-state index in [0.29, 0.717) is 0 Å². The van der Waals surface area contributed by atoms with Crippen molar-refractivity contribution in [1.82, 2.24) is 10.3 Å². The van der Waals surface area contributed by atoms with E-state index in [9.17, 15) is 9.59 Å². The molecule has 2 amide bonds. The Kier molecular flexibility index (Phi) is 7.67. The predicted molar refractivity (Wildman–Crippen MR) is 109 cm³/mol. The number of carbonyl (C=O) groups excluding carboxylic acids is 2. The lowest BCUT2D eigenvalue weighted by Gasteiger charge is -2.23. The molecule has 0 bridgehead atoms. The van der Waals surface area contributed by atoms with Crippen LogP contribution in [0.15, 0.2) is 28.6 Å². The van der Waals surface area contributed by atoms with Gasteiger partial charge in [0, 0.05) is 4.88 Å². The van der Waals surface area contributed by atoms with Crippen molar-refractivity contribution in [1.29, 1.82) is 0 Å². The van der Waals surface area contributed by atoms with E-state index in [1.54, 1.807) is 7.11 Å². The number of rotatable bonds is 9. The topological polar surface area (TPSA) is 94.3 Å². The summed E-state index contributed by atoms with van der Waals surface area (Å²) in [4.78, 5) is 28.8. The van der Waals surface area contributed by atoms with Gasteiger partial charge in [-0.05, 0) is 30.5 Å². The summed E-state index contributed by atoms with van der Waals surface area (Å²) in [5.41, 5.74) is 7.07. The second-order valence-electron chi connectivity index (χ2n) is 6.48. The third kappa shape index (κ3) is 6.25. The minimum atomic E-state index is -0.379. The summed E-state index contributed by atoms with van der Waals surface area (Å²) in [6.45, 7) is 5.99. The van der Waals surface area contributed by atoms with Crippen LogP contribution >= 0.6 is 23.1 Å². The molecule has 1 atom stereocenters. The highest BCUT2D eigenvalue weighted by Gasteiger charge is 2.19. The lowest BCUT2D eigenvalue weighted by molar-refractivity contribution is -0.119. The van der Waals surface area contributed by atoms with E-state index in [-0.39, 0.29) is 35.9 Å². The van der Waals surface area contributed by atoms with Gasteiger partial charge in [-0.2, -0.15) is 0 Å². The number of nitrogens with zero attached hydrogens (tertiary/aromatic N) is 1. The van der Waals surface area contributed by atoms with Crippen LogP contribution in [0.3, 0.4) is 0 Å². The van der Waals surface area contributed by atoms with Gasteiger partial charge in [-0.3, -0.25) is 9.59 Å². The number of hydrogen-bond acceptors (Lipinski definition) is 6. The Balaban J connectivity index is 1.96. The maximum Gasteiger partial charge on any atom is 0.230 e. The average molecular weight is 408 g/mol. The lowest BCUT2D eigenvalue weighted by Crippen LogP contribution is -2.32. The van der Waals surface area contributed by atoms with E-state index in [4.69, 9.17) is 10.5 Å². The van der Waals surface area contributed by atoms with Crippen molar-refractivity contribution < 1.29 is 14.3 Å². The van der Waals surface area contributed by atoms with Gasteiger partial charge in [0.25, 0.3) is 0 Å². The number of benzene rings is 1. The molecule has 0 saturated carbocycles. The van der Waals surface area contributed by atoms with Crippen LogP contribution in [0.25, 0.3) is 0 Å². The maximum atomic E-state index is 12.4. The summed E-state index contributed by atoms with van der Waals surface area (Å²) in [5, 5.41) is 3.10. The molecule has 0 fully saturated rings. The van der Waals surface area contributed by atoms with Crippen LogP contribution in [0, 0.1) is 12.8 Å². The number of nitrogens with two attached hydrogens (primary N) is 1. The van der Waals surface area contributed by atoms with Crippen LogP contribution in [0.5, 0.6) is 5.75 Å². The summed E-state index contributed by atoms with van der Waals surface area (Å²) in [6, 6.07) is 7.65. The number of methoxy groups -OCH3 is 1. The first-order chi connectivity index (χ1) is 12.8. The van der Waals surface area contributed by atoms with Gasteiger partial charge in [0.05, 0.1) is 31.0 Å². The number of nitrogens with one attached hydrogen (secondary N) is 1. The summed E-state index contributed by atoms with van der Waals surface area (Å²) >= 11 is 2.78. The molecule has 6 nitrogen and oxygen atoms in total. The van der Waals surface area contributed by atoms with E-state index in [1.165, 1.54) is 23.1 Å². The molecule has 146 valence electrons. The fourth-order valence-electron chi connectivity index (χ4n) is 2.57. The van der Waals surface area contributed by atoms with E-state index < -0.39 is 0 Å². The van der Waals surface area contributed by atoms with Crippen LogP contribution in [0.2, 0.25) is 0 Å². The molecular formula is C19H25N3O3S2. The van der Waals surface area contributed by atoms with Crippen LogP contribution < -0.4 is 15.8 Å². The summed E-state index contributed by atoms with van der Waals surface area (Å²) in [6.07, 6.45) is 0.184. The molecule has 1 heterocycles. The Hall–Kier alpha value is -2.06. The van der Waals surface area contributed by atoms with Crippen LogP contribution in [-0.2, 0) is 16.0 Å². The van der Waals surface area contributed by atoms with Crippen molar-refractivity contribution in [3.63, 3.8) is 0 Å². The van der Waals surface area contributed by atoms with Crippen molar-refractivity contribution >= 4 is 34.9 Å². The molecule has 2 aromatic rings. The van der Waals surface area contributed by atoms with Crippen molar-refractivity contribution in [3.8, 4) is 5.75 Å². The number of amides is 2. The van der Waals surface area contributed by atoms with Gasteiger partial charge < -0.3 is 15.8 Å². The highest BCUT2D eigenvalue weighted by molar-refractivity contribution is 8.01. The SMILES string of the molecule is COc1ccc(C(NC(=O)CSc2nc(C)c(CC(N)=O)s2)C(C)C)cc1. The molecule has 0 aliphatic carbocycles. The molecule has 1 unspecified atom stereocenters. The van der Waals surface area contributed by atoms with Gasteiger partial charge in [-0.25, -0.2) is 4.98 Å². The standard InChI is InChI=1S/C19H25N3O3S2/c1-11(2)18(13-5-7-14(25-4)8-6-13)22-17(24)10-26-19-21-12(3)15(27-19)9-16(20)23/h5-8,11,18H,9-10H2,1-4H3,(H2,20,23)(H,22,24). The van der Waals surface area contributed by atoms with Crippen LogP contribution in [0.1, 0.15) is 36.0 Å². The molecule has 0 saturated heterocycles. The summed E-state index contributed by atoms with van der Waals surface area (Å²) < 4.78 is 5.96. The third-order valence-corrected chi connectivity index (χ3v) is 6.29. The molecule has 2 rings (SSSR count). The first-order valence-electron chi connectivity index (χ1n) is 8.60. The Morgan fingerprint density at radius 2 is 1.96 bits per heavy atom. The zero-order valence-corrected chi connectivity index (χ0v) is 17.6. The molecule has 8 heteroatoms. The molecule has 0 radical (unpaired) electrons. The Labute approximate surface area is 167 Å². The smallest absolute Gasteiger partial charge is 0.230 e. The largest absolute Gasteiger partial charge is 0.497 e. The minimum Gasteiger partial charge on any atom is -0.497 e. The third-order valence-electron chi connectivity index (χ3n) is 3.99. The number of aryl methyl sites for hydroxylation is 1. The lowest BCUT2D eigenvalue weighted by atomic mass is 9.96. The maximum absolute atomic E-state index is 12.4. The van der Waals surface area contributed by atoms with Crippen molar-refractivity contribution in [2.75, 3.05) is 12.9 Å². The number of ether oxygens (including phenoxy) is 1. The quantitative estimate of drug-likeness (QED) is 0.623. The molecule has 1 aromatic heterocycles. The van der Waals surface area contributed by atoms with E-state index >= 15 is 0 Å². The Bertz CT molecular complexity index is 788. The van der Waals surface area contributed by atoms with Crippen molar-refractivity contribution in [2.45, 2.75) is 37.6 Å². The predicted octanol–water partition coefficient (Wildman–Crippen LogP) is 3.09. The van der Waals surface area contributed by atoms with E-state index in [0.717, 1.165) is 26.2 Å². The number of hydrogen-bond donors (Lipinski definition) is 2. The number of primary amides is 1. The highest BCUT2D eigenvalue weighted by Crippen LogP contribution is 2.28. The zero-order chi connectivity index (χ0) is 20.0. The van der Waals surface area contributed by atoms with E-state index in [1.807, 2.05) is 31.2 Å². The molecule has 1 aromatic carbocycles. The first kappa shape index (κ1) is 21.2. The zero-order valence-electron chi connectivity index (χ0n) is 15.9. The van der Waals surface area contributed by atoms with Gasteiger partial charge in [0.15, 0.2) is 4.34 Å². The van der Waals surface area contributed by atoms with Gasteiger partial charge in [0.2, 0.25) is 11.8 Å². The summed E-state index contributed by atoms with van der Waals surface area (Å²) in [5.74, 6) is 0.863. The number of thiazole rings is 1. The van der Waals surface area contributed by atoms with Gasteiger partial charge in [0.1, 0.15) is 5.75 Å². The fraction of sp³-hybridized carbons (Fsp3) is 0.421. The highest BCUT2D eigenvalue weighted by atomic mass is 32.2. The van der Waals surface area contributed by atoms with Gasteiger partial charge in [-0.15, -0.1) is 11.3 Å². The minimum absolute atomic E-state index is 0.0566. The monoisotopic (exact) mass is 407 g/mol. The molecule has 3 N–H and O–H groups in total. The normalized spacial score (nSPS) is 12.0. The van der Waals surface area contributed by atoms with Crippen molar-refractivity contribution in [2.24, 2.45) is 11.7 Å². The van der Waals surface area contributed by atoms with Crippen LogP contribution in [0.4, 0.5) is 0 Å². The number of carbonyl (C=O) groups is 2.